The maximum absolute atomic E-state index is 11.5. The molecule has 0 saturated carbocycles. The molecule has 0 amide bonds. The molecule has 0 N–H and O–H groups in total. The van der Waals surface area contributed by atoms with E-state index in [1.54, 1.807) is 6.92 Å². The number of rotatable bonds is 4. The van der Waals surface area contributed by atoms with Crippen LogP contribution in [0.3, 0.4) is 0 Å². The Morgan fingerprint density at radius 3 is 2.35 bits per heavy atom. The summed E-state index contributed by atoms with van der Waals surface area (Å²) in [5.41, 5.74) is 3.05. The van der Waals surface area contributed by atoms with Crippen LogP contribution in [0.15, 0.2) is 48.5 Å². The van der Waals surface area contributed by atoms with E-state index in [9.17, 15) is 4.79 Å². The van der Waals surface area contributed by atoms with E-state index in [0.717, 1.165) is 38.4 Å². The molecule has 1 heterocycles. The van der Waals surface area contributed by atoms with Crippen LogP contribution in [0.1, 0.15) is 22.8 Å². The van der Waals surface area contributed by atoms with E-state index in [1.165, 1.54) is 5.56 Å². The standard InChI is InChI=1S/C19H21ClN2O/c1-15(23)18-8-7-17(13-19(18)20)22-11-9-21(10-12-22)14-16-5-3-2-4-6-16/h2-8,13H,9-12,14H2,1H3. The van der Waals surface area contributed by atoms with Gasteiger partial charge in [0.25, 0.3) is 0 Å². The van der Waals surface area contributed by atoms with E-state index in [1.807, 2.05) is 18.2 Å². The molecule has 2 aromatic carbocycles. The van der Waals surface area contributed by atoms with E-state index in [4.69, 9.17) is 11.6 Å². The average Bonchev–Trinajstić information content (AvgIpc) is 2.56. The molecule has 0 aliphatic carbocycles. The number of Topliss-reactive ketones (excluding diaryl/α,β-unsaturated/α-hetero) is 1. The highest BCUT2D eigenvalue weighted by Crippen LogP contribution is 2.25. The van der Waals surface area contributed by atoms with E-state index < -0.39 is 0 Å². The second kappa shape index (κ2) is 7.16. The summed E-state index contributed by atoms with van der Waals surface area (Å²) in [4.78, 5) is 16.3. The second-order valence-electron chi connectivity index (χ2n) is 5.97. The van der Waals surface area contributed by atoms with Crippen molar-refractivity contribution in [3.63, 3.8) is 0 Å². The molecule has 0 unspecified atom stereocenters. The number of ketones is 1. The molecule has 2 aromatic rings. The minimum Gasteiger partial charge on any atom is -0.369 e. The van der Waals surface area contributed by atoms with Gasteiger partial charge in [-0.1, -0.05) is 41.9 Å². The largest absolute Gasteiger partial charge is 0.369 e. The van der Waals surface area contributed by atoms with Crippen LogP contribution >= 0.6 is 11.6 Å². The number of hydrogen-bond donors (Lipinski definition) is 0. The third kappa shape index (κ3) is 3.92. The minimum atomic E-state index is 0.00855. The van der Waals surface area contributed by atoms with Gasteiger partial charge in [0.2, 0.25) is 0 Å². The average molecular weight is 329 g/mol. The lowest BCUT2D eigenvalue weighted by Crippen LogP contribution is -2.45. The Morgan fingerprint density at radius 1 is 1.04 bits per heavy atom. The van der Waals surface area contributed by atoms with Gasteiger partial charge in [0, 0.05) is 44.0 Å². The topological polar surface area (TPSA) is 23.6 Å². The van der Waals surface area contributed by atoms with Gasteiger partial charge >= 0.3 is 0 Å². The molecule has 4 heteroatoms. The SMILES string of the molecule is CC(=O)c1ccc(N2CCN(Cc3ccccc3)CC2)cc1Cl. The molecule has 3 rings (SSSR count). The van der Waals surface area contributed by atoms with Gasteiger partial charge in [0.05, 0.1) is 5.02 Å². The highest BCUT2D eigenvalue weighted by molar-refractivity contribution is 6.34. The molecule has 23 heavy (non-hydrogen) atoms. The molecular formula is C19H21ClN2O. The van der Waals surface area contributed by atoms with E-state index >= 15 is 0 Å². The van der Waals surface area contributed by atoms with E-state index in [-0.39, 0.29) is 5.78 Å². The predicted octanol–water partition coefficient (Wildman–Crippen LogP) is 3.86. The van der Waals surface area contributed by atoms with Crippen LogP contribution in [0.2, 0.25) is 5.02 Å². The van der Waals surface area contributed by atoms with Gasteiger partial charge in [-0.15, -0.1) is 0 Å². The second-order valence-corrected chi connectivity index (χ2v) is 6.38. The molecule has 0 atom stereocenters. The van der Waals surface area contributed by atoms with Crippen molar-refractivity contribution in [3.8, 4) is 0 Å². The number of carbonyl (C=O) groups excluding carboxylic acids is 1. The maximum Gasteiger partial charge on any atom is 0.161 e. The summed E-state index contributed by atoms with van der Waals surface area (Å²) in [5, 5.41) is 0.543. The van der Waals surface area contributed by atoms with Crippen LogP contribution in [0.5, 0.6) is 0 Å². The van der Waals surface area contributed by atoms with Crippen LogP contribution in [0, 0.1) is 0 Å². The maximum atomic E-state index is 11.5. The highest BCUT2D eigenvalue weighted by atomic mass is 35.5. The van der Waals surface area contributed by atoms with Crippen molar-refractivity contribution in [2.45, 2.75) is 13.5 Å². The zero-order chi connectivity index (χ0) is 16.2. The number of piperazine rings is 1. The lowest BCUT2D eigenvalue weighted by atomic mass is 10.1. The Labute approximate surface area is 142 Å². The molecule has 1 aliphatic rings. The van der Waals surface area contributed by atoms with Crippen LogP contribution in [-0.4, -0.2) is 36.9 Å². The summed E-state index contributed by atoms with van der Waals surface area (Å²) < 4.78 is 0. The zero-order valence-corrected chi connectivity index (χ0v) is 14.1. The lowest BCUT2D eigenvalue weighted by Gasteiger charge is -2.36. The van der Waals surface area contributed by atoms with Crippen LogP contribution in [0.25, 0.3) is 0 Å². The van der Waals surface area contributed by atoms with Crippen molar-refractivity contribution in [1.29, 1.82) is 0 Å². The van der Waals surface area contributed by atoms with Gasteiger partial charge in [-0.3, -0.25) is 9.69 Å². The molecule has 0 aromatic heterocycles. The van der Waals surface area contributed by atoms with Gasteiger partial charge in [-0.25, -0.2) is 0 Å². The Balaban J connectivity index is 1.60. The molecule has 0 bridgehead atoms. The summed E-state index contributed by atoms with van der Waals surface area (Å²) in [6, 6.07) is 16.3. The van der Waals surface area contributed by atoms with Crippen molar-refractivity contribution in [2.75, 3.05) is 31.1 Å². The molecule has 1 aliphatic heterocycles. The number of anilines is 1. The van der Waals surface area contributed by atoms with Crippen LogP contribution in [-0.2, 0) is 6.54 Å². The molecule has 3 nitrogen and oxygen atoms in total. The van der Waals surface area contributed by atoms with Gasteiger partial charge in [-0.05, 0) is 30.7 Å². The zero-order valence-electron chi connectivity index (χ0n) is 13.3. The molecule has 1 fully saturated rings. The quantitative estimate of drug-likeness (QED) is 0.796. The monoisotopic (exact) mass is 328 g/mol. The summed E-state index contributed by atoms with van der Waals surface area (Å²) in [5.74, 6) is 0.00855. The molecular weight excluding hydrogens is 308 g/mol. The fourth-order valence-electron chi connectivity index (χ4n) is 2.99. The number of hydrogen-bond acceptors (Lipinski definition) is 3. The molecule has 0 spiro atoms. The Kier molecular flexibility index (Phi) is 4.99. The fraction of sp³-hybridized carbons (Fsp3) is 0.316. The van der Waals surface area contributed by atoms with Gasteiger partial charge in [0.1, 0.15) is 0 Å². The first-order valence-corrected chi connectivity index (χ1v) is 8.33. The summed E-state index contributed by atoms with van der Waals surface area (Å²) in [6.07, 6.45) is 0. The predicted molar refractivity (Wildman–Crippen MR) is 95.4 cm³/mol. The van der Waals surface area contributed by atoms with E-state index in [2.05, 4.69) is 40.1 Å². The van der Waals surface area contributed by atoms with Crippen molar-refractivity contribution < 1.29 is 4.79 Å². The molecule has 1 saturated heterocycles. The molecule has 120 valence electrons. The Hall–Kier alpha value is -1.84. The van der Waals surface area contributed by atoms with Crippen LogP contribution in [0.4, 0.5) is 5.69 Å². The summed E-state index contributed by atoms with van der Waals surface area (Å²) in [6.45, 7) is 6.55. The third-order valence-electron chi connectivity index (χ3n) is 4.32. The lowest BCUT2D eigenvalue weighted by molar-refractivity contribution is 0.101. The first kappa shape index (κ1) is 16.0. The third-order valence-corrected chi connectivity index (χ3v) is 4.63. The normalized spacial score (nSPS) is 15.7. The number of halogens is 1. The van der Waals surface area contributed by atoms with Crippen molar-refractivity contribution in [1.82, 2.24) is 4.90 Å². The Bertz CT molecular complexity index is 679. The fourth-order valence-corrected chi connectivity index (χ4v) is 3.30. The highest BCUT2D eigenvalue weighted by Gasteiger charge is 2.18. The van der Waals surface area contributed by atoms with E-state index in [0.29, 0.717) is 10.6 Å². The number of nitrogens with zero attached hydrogens (tertiary/aromatic N) is 2. The molecule has 0 radical (unpaired) electrons. The summed E-state index contributed by atoms with van der Waals surface area (Å²) in [7, 11) is 0. The minimum absolute atomic E-state index is 0.00855. The van der Waals surface area contributed by atoms with Gasteiger partial charge in [-0.2, -0.15) is 0 Å². The van der Waals surface area contributed by atoms with Crippen molar-refractivity contribution in [3.05, 3.63) is 64.7 Å². The number of benzene rings is 2. The summed E-state index contributed by atoms with van der Waals surface area (Å²) >= 11 is 6.22. The van der Waals surface area contributed by atoms with Crippen molar-refractivity contribution >= 4 is 23.1 Å². The van der Waals surface area contributed by atoms with Gasteiger partial charge < -0.3 is 4.90 Å². The Morgan fingerprint density at radius 2 is 1.74 bits per heavy atom. The first-order chi connectivity index (χ1) is 11.1. The van der Waals surface area contributed by atoms with Crippen LogP contribution < -0.4 is 4.90 Å². The number of carbonyl (C=O) groups is 1. The van der Waals surface area contributed by atoms with Gasteiger partial charge in [0.15, 0.2) is 5.78 Å². The van der Waals surface area contributed by atoms with Crippen molar-refractivity contribution in [2.24, 2.45) is 0 Å². The first-order valence-electron chi connectivity index (χ1n) is 7.95. The smallest absolute Gasteiger partial charge is 0.161 e.